The maximum absolute atomic E-state index is 14.6. The molecule has 1 unspecified atom stereocenters. The van der Waals surface area contributed by atoms with Gasteiger partial charge in [0.05, 0.1) is 0 Å². The molecule has 160 valence electrons. The molecule has 1 aliphatic heterocycles. The van der Waals surface area contributed by atoms with Gasteiger partial charge in [-0.15, -0.1) is 24.8 Å². The first-order chi connectivity index (χ1) is 13.3. The Morgan fingerprint density at radius 2 is 1.41 bits per heavy atom. The number of piperazine rings is 1. The summed E-state index contributed by atoms with van der Waals surface area (Å²) in [4.78, 5) is 5.20. The van der Waals surface area contributed by atoms with Gasteiger partial charge < -0.3 is 0 Å². The predicted octanol–water partition coefficient (Wildman–Crippen LogP) is 5.90. The Balaban J connectivity index is 0.00000150. The van der Waals surface area contributed by atoms with Gasteiger partial charge in [-0.1, -0.05) is 67.8 Å². The Morgan fingerprint density at radius 1 is 0.793 bits per heavy atom. The summed E-state index contributed by atoms with van der Waals surface area (Å²) in [7, 11) is 0. The summed E-state index contributed by atoms with van der Waals surface area (Å²) in [6.45, 7) is 4.29. The lowest BCUT2D eigenvalue weighted by molar-refractivity contribution is 0.0551. The Hall–Kier alpha value is -1.13. The highest BCUT2D eigenvalue weighted by molar-refractivity contribution is 5.85. The van der Waals surface area contributed by atoms with Crippen molar-refractivity contribution in [2.75, 3.05) is 26.2 Å². The van der Waals surface area contributed by atoms with Gasteiger partial charge in [0.15, 0.2) is 0 Å². The van der Waals surface area contributed by atoms with Crippen molar-refractivity contribution in [3.63, 3.8) is 0 Å². The van der Waals surface area contributed by atoms with E-state index in [0.717, 1.165) is 44.2 Å². The highest BCUT2D eigenvalue weighted by Gasteiger charge is 2.30. The van der Waals surface area contributed by atoms with Crippen LogP contribution in [0.25, 0.3) is 0 Å². The molecule has 2 nitrogen and oxygen atoms in total. The van der Waals surface area contributed by atoms with Crippen molar-refractivity contribution in [1.29, 1.82) is 0 Å². The standard InChI is InChI=1S/C24H31FN2.2ClH/c25-23-14-8-7-13-22(23)24(19-20-9-3-1-4-10-20)27-17-15-26(16-18-27)21-11-5-2-6-12-21;;/h1,3-4,7-10,13-14,21,24H,2,5-6,11-12,15-19H2;2*1H. The maximum atomic E-state index is 14.6. The molecule has 0 aromatic heterocycles. The highest BCUT2D eigenvalue weighted by atomic mass is 35.5. The van der Waals surface area contributed by atoms with Crippen molar-refractivity contribution in [3.8, 4) is 0 Å². The molecule has 1 saturated carbocycles. The summed E-state index contributed by atoms with van der Waals surface area (Å²) in [5, 5.41) is 0. The average Bonchev–Trinajstić information content (AvgIpc) is 2.74. The van der Waals surface area contributed by atoms with Crippen molar-refractivity contribution in [3.05, 3.63) is 71.5 Å². The first-order valence-electron chi connectivity index (χ1n) is 10.6. The quantitative estimate of drug-likeness (QED) is 0.572. The fraction of sp³-hybridized carbons (Fsp3) is 0.500. The predicted molar refractivity (Wildman–Crippen MR) is 124 cm³/mol. The van der Waals surface area contributed by atoms with E-state index in [-0.39, 0.29) is 36.7 Å². The molecule has 0 amide bonds. The van der Waals surface area contributed by atoms with E-state index in [0.29, 0.717) is 0 Å². The zero-order valence-electron chi connectivity index (χ0n) is 17.0. The monoisotopic (exact) mass is 438 g/mol. The van der Waals surface area contributed by atoms with E-state index in [4.69, 9.17) is 0 Å². The van der Waals surface area contributed by atoms with Crippen molar-refractivity contribution < 1.29 is 4.39 Å². The first kappa shape index (κ1) is 24.1. The summed E-state index contributed by atoms with van der Waals surface area (Å²) in [5.41, 5.74) is 2.12. The third kappa shape index (κ3) is 6.18. The molecule has 29 heavy (non-hydrogen) atoms. The molecule has 0 N–H and O–H groups in total. The lowest BCUT2D eigenvalue weighted by atomic mass is 9.93. The molecule has 1 aliphatic carbocycles. The van der Waals surface area contributed by atoms with E-state index >= 15 is 0 Å². The van der Waals surface area contributed by atoms with E-state index in [1.165, 1.54) is 37.7 Å². The summed E-state index contributed by atoms with van der Waals surface area (Å²) in [5.74, 6) is -0.0758. The molecule has 2 aromatic rings. The van der Waals surface area contributed by atoms with Crippen LogP contribution >= 0.6 is 24.8 Å². The second-order valence-corrected chi connectivity index (χ2v) is 8.09. The molecule has 1 saturated heterocycles. The van der Waals surface area contributed by atoms with Gasteiger partial charge in [0, 0.05) is 43.8 Å². The normalized spacial score (nSPS) is 19.8. The molecule has 4 rings (SSSR count). The second kappa shape index (κ2) is 11.9. The summed E-state index contributed by atoms with van der Waals surface area (Å²) >= 11 is 0. The fourth-order valence-electron chi connectivity index (χ4n) is 4.88. The van der Waals surface area contributed by atoms with Gasteiger partial charge in [0.1, 0.15) is 5.82 Å². The molecule has 0 radical (unpaired) electrons. The number of benzene rings is 2. The van der Waals surface area contributed by atoms with Gasteiger partial charge in [0.25, 0.3) is 0 Å². The number of hydrogen-bond acceptors (Lipinski definition) is 2. The van der Waals surface area contributed by atoms with E-state index < -0.39 is 0 Å². The van der Waals surface area contributed by atoms with Gasteiger partial charge in [-0.3, -0.25) is 9.80 Å². The molecule has 1 atom stereocenters. The van der Waals surface area contributed by atoms with Gasteiger partial charge in [0.2, 0.25) is 0 Å². The van der Waals surface area contributed by atoms with Crippen LogP contribution in [0.5, 0.6) is 0 Å². The average molecular weight is 439 g/mol. The van der Waals surface area contributed by atoms with E-state index in [1.54, 1.807) is 12.1 Å². The highest BCUT2D eigenvalue weighted by Crippen LogP contribution is 2.30. The van der Waals surface area contributed by atoms with Crippen LogP contribution < -0.4 is 0 Å². The topological polar surface area (TPSA) is 6.48 Å². The van der Waals surface area contributed by atoms with Crippen LogP contribution in [0.2, 0.25) is 0 Å². The maximum Gasteiger partial charge on any atom is 0.127 e. The van der Waals surface area contributed by atoms with Gasteiger partial charge in [-0.05, 0) is 30.9 Å². The van der Waals surface area contributed by atoms with Crippen molar-refractivity contribution in [1.82, 2.24) is 9.80 Å². The number of rotatable bonds is 5. The second-order valence-electron chi connectivity index (χ2n) is 8.09. The molecule has 0 spiro atoms. The zero-order chi connectivity index (χ0) is 18.5. The van der Waals surface area contributed by atoms with Crippen LogP contribution in [-0.4, -0.2) is 42.0 Å². The minimum absolute atomic E-state index is 0. The van der Waals surface area contributed by atoms with Gasteiger partial charge in [-0.25, -0.2) is 4.39 Å². The van der Waals surface area contributed by atoms with Gasteiger partial charge in [-0.2, -0.15) is 0 Å². The fourth-order valence-corrected chi connectivity index (χ4v) is 4.88. The summed E-state index contributed by atoms with van der Waals surface area (Å²) < 4.78 is 14.6. The molecule has 1 heterocycles. The van der Waals surface area contributed by atoms with Crippen LogP contribution in [-0.2, 0) is 6.42 Å². The van der Waals surface area contributed by atoms with Crippen LogP contribution in [0.1, 0.15) is 49.3 Å². The van der Waals surface area contributed by atoms with Gasteiger partial charge >= 0.3 is 0 Å². The molecular formula is C24H33Cl2FN2. The molecule has 2 aliphatic rings. The molecule has 0 bridgehead atoms. The number of halogens is 3. The minimum Gasteiger partial charge on any atom is -0.298 e. The van der Waals surface area contributed by atoms with Crippen molar-refractivity contribution in [2.24, 2.45) is 0 Å². The molecule has 2 fully saturated rings. The van der Waals surface area contributed by atoms with Crippen molar-refractivity contribution in [2.45, 2.75) is 50.6 Å². The number of hydrogen-bond donors (Lipinski definition) is 0. The smallest absolute Gasteiger partial charge is 0.127 e. The van der Waals surface area contributed by atoms with Crippen molar-refractivity contribution >= 4 is 24.8 Å². The lowest BCUT2D eigenvalue weighted by Crippen LogP contribution is -2.51. The third-order valence-electron chi connectivity index (χ3n) is 6.42. The zero-order valence-corrected chi connectivity index (χ0v) is 18.6. The van der Waals surface area contributed by atoms with Crippen LogP contribution in [0, 0.1) is 5.82 Å². The Bertz CT molecular complexity index is 714. The molecular weight excluding hydrogens is 406 g/mol. The number of nitrogens with zero attached hydrogens (tertiary/aromatic N) is 2. The minimum atomic E-state index is -0.0758. The summed E-state index contributed by atoms with van der Waals surface area (Å²) in [6, 6.07) is 18.7. The van der Waals surface area contributed by atoms with E-state index in [9.17, 15) is 4.39 Å². The van der Waals surface area contributed by atoms with E-state index in [2.05, 4.69) is 34.1 Å². The van der Waals surface area contributed by atoms with Crippen LogP contribution in [0.15, 0.2) is 54.6 Å². The largest absolute Gasteiger partial charge is 0.298 e. The summed E-state index contributed by atoms with van der Waals surface area (Å²) in [6.07, 6.45) is 7.77. The first-order valence-corrected chi connectivity index (χ1v) is 10.6. The third-order valence-corrected chi connectivity index (χ3v) is 6.42. The van der Waals surface area contributed by atoms with Crippen LogP contribution in [0.3, 0.4) is 0 Å². The Kier molecular flexibility index (Phi) is 9.91. The van der Waals surface area contributed by atoms with E-state index in [1.807, 2.05) is 18.2 Å². The Morgan fingerprint density at radius 3 is 2.07 bits per heavy atom. The Labute approximate surface area is 187 Å². The molecule has 5 heteroatoms. The SMILES string of the molecule is Cl.Cl.Fc1ccccc1C(Cc1ccccc1)N1CCN(C2CCCCC2)CC1. The molecule has 2 aromatic carbocycles. The van der Waals surface area contributed by atoms with Crippen LogP contribution in [0.4, 0.5) is 4.39 Å². The lowest BCUT2D eigenvalue weighted by Gasteiger charge is -2.43.